The summed E-state index contributed by atoms with van der Waals surface area (Å²) in [6.07, 6.45) is -0.700. The Morgan fingerprint density at radius 1 is 1.18 bits per heavy atom. The zero-order valence-corrected chi connectivity index (χ0v) is 12.8. The Kier molecular flexibility index (Phi) is 4.16. The van der Waals surface area contributed by atoms with Gasteiger partial charge >= 0.3 is 0 Å². The molecule has 17 heavy (non-hydrogen) atoms. The number of hydrogen-bond acceptors (Lipinski definition) is 2. The van der Waals surface area contributed by atoms with Crippen molar-refractivity contribution in [2.75, 3.05) is 0 Å². The molecule has 0 radical (unpaired) electrons. The van der Waals surface area contributed by atoms with Crippen LogP contribution in [0.1, 0.15) is 22.1 Å². The lowest BCUT2D eigenvalue weighted by molar-refractivity contribution is 0.220. The number of aryl methyl sites for hydroxylation is 1. The van der Waals surface area contributed by atoms with Gasteiger partial charge in [-0.2, -0.15) is 0 Å². The van der Waals surface area contributed by atoms with Crippen molar-refractivity contribution in [1.29, 1.82) is 0 Å². The van der Waals surface area contributed by atoms with Gasteiger partial charge in [-0.1, -0.05) is 23.2 Å². The van der Waals surface area contributed by atoms with E-state index in [2.05, 4.69) is 15.9 Å². The number of thiophene rings is 1. The van der Waals surface area contributed by atoms with Crippen LogP contribution in [0.4, 0.5) is 0 Å². The van der Waals surface area contributed by atoms with E-state index in [4.69, 9.17) is 23.2 Å². The smallest absolute Gasteiger partial charge is 0.105 e. The fraction of sp³-hybridized carbons (Fsp3) is 0.167. The summed E-state index contributed by atoms with van der Waals surface area (Å²) >= 11 is 16.8. The lowest BCUT2D eigenvalue weighted by Gasteiger charge is -2.11. The van der Waals surface area contributed by atoms with E-state index in [1.54, 1.807) is 29.5 Å². The Hall–Kier alpha value is -0.0600. The van der Waals surface area contributed by atoms with Gasteiger partial charge in [0.15, 0.2) is 0 Å². The average Bonchev–Trinajstić information content (AvgIpc) is 2.55. The first-order chi connectivity index (χ1) is 7.97. The van der Waals surface area contributed by atoms with E-state index < -0.39 is 6.10 Å². The van der Waals surface area contributed by atoms with E-state index in [1.807, 2.05) is 13.0 Å². The number of aliphatic hydroxyl groups is 1. The van der Waals surface area contributed by atoms with Crippen molar-refractivity contribution in [1.82, 2.24) is 0 Å². The van der Waals surface area contributed by atoms with Gasteiger partial charge in [0, 0.05) is 14.9 Å². The van der Waals surface area contributed by atoms with Gasteiger partial charge in [0.1, 0.15) is 6.10 Å². The average molecular weight is 352 g/mol. The van der Waals surface area contributed by atoms with Gasteiger partial charge in [0.2, 0.25) is 0 Å². The van der Waals surface area contributed by atoms with Crippen molar-refractivity contribution in [3.63, 3.8) is 0 Å². The lowest BCUT2D eigenvalue weighted by Crippen LogP contribution is -1.99. The fourth-order valence-corrected chi connectivity index (χ4v) is 3.93. The van der Waals surface area contributed by atoms with Crippen LogP contribution in [0.25, 0.3) is 0 Å². The molecule has 1 heterocycles. The fourth-order valence-electron chi connectivity index (χ4n) is 1.64. The summed E-state index contributed by atoms with van der Waals surface area (Å²) in [5, 5.41) is 11.4. The van der Waals surface area contributed by atoms with Crippen LogP contribution >= 0.6 is 50.5 Å². The first-order valence-corrected chi connectivity index (χ1v) is 7.24. The second-order valence-corrected chi connectivity index (χ2v) is 7.18. The second kappa shape index (κ2) is 5.29. The lowest BCUT2D eigenvalue weighted by atomic mass is 10.0. The number of rotatable bonds is 2. The Bertz CT molecular complexity index is 533. The molecule has 0 bridgehead atoms. The maximum atomic E-state index is 10.3. The van der Waals surface area contributed by atoms with Crippen LogP contribution < -0.4 is 0 Å². The predicted octanol–water partition coefficient (Wildman–Crippen LogP) is 5.21. The Morgan fingerprint density at radius 3 is 2.24 bits per heavy atom. The molecule has 0 fully saturated rings. The quantitative estimate of drug-likeness (QED) is 0.787. The molecule has 0 amide bonds. The third-order valence-corrected chi connectivity index (χ3v) is 4.43. The molecule has 0 aliphatic rings. The normalized spacial score (nSPS) is 12.8. The zero-order chi connectivity index (χ0) is 12.6. The SMILES string of the molecule is Cc1sc(Br)cc1C(O)c1cc(Cl)cc(Cl)c1. The molecule has 5 heteroatoms. The van der Waals surface area contributed by atoms with Crippen LogP contribution in [0.3, 0.4) is 0 Å². The van der Waals surface area contributed by atoms with Crippen LogP contribution in [0.5, 0.6) is 0 Å². The third-order valence-electron chi connectivity index (χ3n) is 2.42. The first kappa shape index (κ1) is 13.4. The Balaban J connectivity index is 2.43. The van der Waals surface area contributed by atoms with Crippen molar-refractivity contribution < 1.29 is 5.11 Å². The molecule has 0 aliphatic heterocycles. The largest absolute Gasteiger partial charge is 0.384 e. The molecule has 0 spiro atoms. The van der Waals surface area contributed by atoms with Gasteiger partial charge in [-0.15, -0.1) is 11.3 Å². The van der Waals surface area contributed by atoms with Gasteiger partial charge in [-0.25, -0.2) is 0 Å². The van der Waals surface area contributed by atoms with E-state index in [0.717, 1.165) is 14.2 Å². The molecule has 2 rings (SSSR count). The van der Waals surface area contributed by atoms with Crippen molar-refractivity contribution >= 4 is 50.5 Å². The first-order valence-electron chi connectivity index (χ1n) is 4.87. The summed E-state index contributed by atoms with van der Waals surface area (Å²) in [6, 6.07) is 7.02. The van der Waals surface area contributed by atoms with Gasteiger partial charge < -0.3 is 5.11 Å². The highest BCUT2D eigenvalue weighted by atomic mass is 79.9. The highest BCUT2D eigenvalue weighted by Crippen LogP contribution is 2.35. The van der Waals surface area contributed by atoms with Crippen molar-refractivity contribution in [3.05, 3.63) is 54.1 Å². The summed E-state index contributed by atoms with van der Waals surface area (Å²) in [6.45, 7) is 1.97. The molecule has 2 aromatic rings. The molecule has 1 aromatic carbocycles. The number of halogens is 3. The van der Waals surface area contributed by atoms with Crippen molar-refractivity contribution in [2.24, 2.45) is 0 Å². The van der Waals surface area contributed by atoms with Crippen LogP contribution in [0, 0.1) is 6.92 Å². The summed E-state index contributed by atoms with van der Waals surface area (Å²) < 4.78 is 0.997. The summed E-state index contributed by atoms with van der Waals surface area (Å²) in [7, 11) is 0. The number of hydrogen-bond donors (Lipinski definition) is 1. The maximum Gasteiger partial charge on any atom is 0.105 e. The van der Waals surface area contributed by atoms with E-state index in [-0.39, 0.29) is 0 Å². The summed E-state index contributed by atoms with van der Waals surface area (Å²) in [4.78, 5) is 1.07. The summed E-state index contributed by atoms with van der Waals surface area (Å²) in [5.41, 5.74) is 1.58. The Morgan fingerprint density at radius 2 is 1.76 bits per heavy atom. The molecule has 0 saturated carbocycles. The van der Waals surface area contributed by atoms with Gasteiger partial charge in [-0.3, -0.25) is 0 Å². The van der Waals surface area contributed by atoms with Gasteiger partial charge in [0.25, 0.3) is 0 Å². The predicted molar refractivity (Wildman–Crippen MR) is 77.3 cm³/mol. The maximum absolute atomic E-state index is 10.3. The van der Waals surface area contributed by atoms with E-state index in [0.29, 0.717) is 15.6 Å². The van der Waals surface area contributed by atoms with Crippen LogP contribution in [-0.2, 0) is 0 Å². The molecule has 0 saturated heterocycles. The number of aliphatic hydroxyl groups excluding tert-OH is 1. The standard InChI is InChI=1S/C12H9BrCl2OS/c1-6-10(5-11(13)17-6)12(16)7-2-8(14)4-9(15)3-7/h2-5,12,16H,1H3. The third kappa shape index (κ3) is 3.04. The van der Waals surface area contributed by atoms with Crippen molar-refractivity contribution in [3.8, 4) is 0 Å². The molecular weight excluding hydrogens is 343 g/mol. The molecule has 1 unspecified atom stereocenters. The monoisotopic (exact) mass is 350 g/mol. The molecule has 90 valence electrons. The molecule has 1 nitrogen and oxygen atoms in total. The zero-order valence-electron chi connectivity index (χ0n) is 8.88. The Labute approximate surface area is 122 Å². The highest BCUT2D eigenvalue weighted by molar-refractivity contribution is 9.11. The summed E-state index contributed by atoms with van der Waals surface area (Å²) in [5.74, 6) is 0. The molecule has 0 aliphatic carbocycles. The minimum atomic E-state index is -0.700. The van der Waals surface area contributed by atoms with E-state index in [1.165, 1.54) is 0 Å². The molecule has 1 N–H and O–H groups in total. The van der Waals surface area contributed by atoms with Crippen LogP contribution in [0.15, 0.2) is 28.1 Å². The van der Waals surface area contributed by atoms with Gasteiger partial charge in [-0.05, 0) is 58.2 Å². The highest BCUT2D eigenvalue weighted by Gasteiger charge is 2.16. The molecular formula is C12H9BrCl2OS. The topological polar surface area (TPSA) is 20.2 Å². The second-order valence-electron chi connectivity index (χ2n) is 3.67. The van der Waals surface area contributed by atoms with Gasteiger partial charge in [0.05, 0.1) is 3.79 Å². The molecule has 1 atom stereocenters. The minimum Gasteiger partial charge on any atom is -0.384 e. The molecule has 1 aromatic heterocycles. The number of benzene rings is 1. The minimum absolute atomic E-state index is 0.526. The van der Waals surface area contributed by atoms with Crippen LogP contribution in [0.2, 0.25) is 10.0 Å². The van der Waals surface area contributed by atoms with E-state index in [9.17, 15) is 5.11 Å². The van der Waals surface area contributed by atoms with Crippen molar-refractivity contribution in [2.45, 2.75) is 13.0 Å². The van der Waals surface area contributed by atoms with E-state index >= 15 is 0 Å². The van der Waals surface area contributed by atoms with Crippen LogP contribution in [-0.4, -0.2) is 5.11 Å².